The fourth-order valence-corrected chi connectivity index (χ4v) is 3.58. The minimum Gasteiger partial charge on any atom is -0.467 e. The summed E-state index contributed by atoms with van der Waals surface area (Å²) in [7, 11) is 0. The molecule has 1 aliphatic rings. The van der Waals surface area contributed by atoms with Crippen LogP contribution in [-0.2, 0) is 21.5 Å². The van der Waals surface area contributed by atoms with E-state index in [0.29, 0.717) is 11.4 Å². The van der Waals surface area contributed by atoms with E-state index in [2.05, 4.69) is 26.1 Å². The molecule has 3 amide bonds. The third-order valence-electron chi connectivity index (χ3n) is 5.47. The number of esters is 1. The van der Waals surface area contributed by atoms with E-state index in [0.717, 1.165) is 10.5 Å². The van der Waals surface area contributed by atoms with E-state index in [1.807, 2.05) is 12.1 Å². The first kappa shape index (κ1) is 23.0. The number of rotatable bonds is 6. The van der Waals surface area contributed by atoms with E-state index in [9.17, 15) is 19.2 Å². The number of imide groups is 1. The number of carbonyl (C=O) groups excluding carboxylic acids is 4. The van der Waals surface area contributed by atoms with Crippen LogP contribution in [0.5, 0.6) is 0 Å². The number of ether oxygens (including phenoxy) is 1. The Balaban J connectivity index is 1.36. The molecule has 3 aromatic rings. The molecule has 2 heterocycles. The predicted octanol–water partition coefficient (Wildman–Crippen LogP) is 4.17. The molecule has 2 aromatic carbocycles. The third kappa shape index (κ3) is 4.76. The van der Waals surface area contributed by atoms with Gasteiger partial charge in [-0.15, -0.1) is 0 Å². The van der Waals surface area contributed by atoms with Crippen LogP contribution < -0.4 is 5.32 Å². The van der Waals surface area contributed by atoms with Gasteiger partial charge in [-0.05, 0) is 53.4 Å². The van der Waals surface area contributed by atoms with Crippen molar-refractivity contribution in [2.45, 2.75) is 32.7 Å². The quantitative estimate of drug-likeness (QED) is 0.437. The van der Waals surface area contributed by atoms with Crippen LogP contribution in [0.1, 0.15) is 63.2 Å². The first-order valence-corrected chi connectivity index (χ1v) is 10.7. The van der Waals surface area contributed by atoms with Gasteiger partial charge >= 0.3 is 5.97 Å². The van der Waals surface area contributed by atoms with Gasteiger partial charge in [0.05, 0.1) is 29.5 Å². The highest BCUT2D eigenvalue weighted by atomic mass is 16.5. The number of furan rings is 1. The van der Waals surface area contributed by atoms with Crippen molar-refractivity contribution in [3.63, 3.8) is 0 Å². The summed E-state index contributed by atoms with van der Waals surface area (Å²) in [6, 6.07) is 14.9. The van der Waals surface area contributed by atoms with Crippen molar-refractivity contribution in [3.05, 3.63) is 88.9 Å². The smallest absolute Gasteiger partial charge is 0.338 e. The zero-order valence-corrected chi connectivity index (χ0v) is 19.1. The molecule has 34 heavy (non-hydrogen) atoms. The highest BCUT2D eigenvalue weighted by molar-refractivity contribution is 6.21. The van der Waals surface area contributed by atoms with Crippen molar-refractivity contribution in [1.82, 2.24) is 4.90 Å². The molecule has 1 aromatic heterocycles. The Bertz CT molecular complexity index is 1250. The van der Waals surface area contributed by atoms with Crippen LogP contribution in [0.3, 0.4) is 0 Å². The van der Waals surface area contributed by atoms with Crippen LogP contribution in [0.4, 0.5) is 5.69 Å². The molecule has 0 spiro atoms. The van der Waals surface area contributed by atoms with Crippen molar-refractivity contribution < 1.29 is 28.3 Å². The predicted molar refractivity (Wildman–Crippen MR) is 123 cm³/mol. The largest absolute Gasteiger partial charge is 0.467 e. The summed E-state index contributed by atoms with van der Waals surface area (Å²) in [5.74, 6) is -1.79. The Kier molecular flexibility index (Phi) is 6.06. The van der Waals surface area contributed by atoms with Gasteiger partial charge in [-0.1, -0.05) is 32.9 Å². The van der Waals surface area contributed by atoms with Crippen LogP contribution in [-0.4, -0.2) is 35.2 Å². The molecular weight excluding hydrogens is 436 g/mol. The van der Waals surface area contributed by atoms with Crippen molar-refractivity contribution in [3.8, 4) is 0 Å². The van der Waals surface area contributed by atoms with Gasteiger partial charge in [0, 0.05) is 5.69 Å². The van der Waals surface area contributed by atoms with Gasteiger partial charge in [-0.25, -0.2) is 4.79 Å². The van der Waals surface area contributed by atoms with E-state index in [1.54, 1.807) is 24.3 Å². The van der Waals surface area contributed by atoms with E-state index in [1.165, 1.54) is 24.5 Å². The minimum absolute atomic E-state index is 0.00394. The Hall–Kier alpha value is -4.20. The lowest BCUT2D eigenvalue weighted by atomic mass is 9.87. The van der Waals surface area contributed by atoms with Gasteiger partial charge in [0.2, 0.25) is 0 Å². The van der Waals surface area contributed by atoms with Crippen LogP contribution in [0.15, 0.2) is 65.3 Å². The highest BCUT2D eigenvalue weighted by Crippen LogP contribution is 2.26. The van der Waals surface area contributed by atoms with Crippen LogP contribution in [0.2, 0.25) is 0 Å². The second kappa shape index (κ2) is 8.97. The Morgan fingerprint density at radius 1 is 0.971 bits per heavy atom. The topological polar surface area (TPSA) is 106 Å². The number of amides is 3. The lowest BCUT2D eigenvalue weighted by Crippen LogP contribution is -2.28. The summed E-state index contributed by atoms with van der Waals surface area (Å²) in [6.07, 6.45) is 1.46. The molecule has 0 aliphatic carbocycles. The van der Waals surface area contributed by atoms with Crippen molar-refractivity contribution >= 4 is 29.4 Å². The van der Waals surface area contributed by atoms with E-state index < -0.39 is 30.3 Å². The van der Waals surface area contributed by atoms with Crippen LogP contribution >= 0.6 is 0 Å². The van der Waals surface area contributed by atoms with Crippen LogP contribution in [0, 0.1) is 0 Å². The molecule has 0 saturated heterocycles. The summed E-state index contributed by atoms with van der Waals surface area (Å²) < 4.78 is 10.3. The fourth-order valence-electron chi connectivity index (χ4n) is 3.58. The second-order valence-corrected chi connectivity index (χ2v) is 8.99. The average molecular weight is 460 g/mol. The zero-order valence-electron chi connectivity index (χ0n) is 19.1. The molecule has 1 N–H and O–H groups in total. The van der Waals surface area contributed by atoms with Crippen molar-refractivity contribution in [2.24, 2.45) is 0 Å². The lowest BCUT2D eigenvalue weighted by molar-refractivity contribution is -0.119. The molecule has 8 heteroatoms. The Labute approximate surface area is 196 Å². The highest BCUT2D eigenvalue weighted by Gasteiger charge is 2.36. The van der Waals surface area contributed by atoms with Gasteiger partial charge in [0.25, 0.3) is 17.7 Å². The van der Waals surface area contributed by atoms with E-state index >= 15 is 0 Å². The Morgan fingerprint density at radius 2 is 1.68 bits per heavy atom. The SMILES string of the molecule is CC(C)(C)c1ccc(NC(=O)COC(=O)c2ccc3c(c2)C(=O)N(Cc2ccco2)C3=O)cc1. The van der Waals surface area contributed by atoms with Crippen LogP contribution in [0.25, 0.3) is 0 Å². The molecule has 4 rings (SSSR count). The van der Waals surface area contributed by atoms with E-state index in [4.69, 9.17) is 9.15 Å². The maximum atomic E-state index is 12.7. The first-order valence-electron chi connectivity index (χ1n) is 10.7. The molecule has 8 nitrogen and oxygen atoms in total. The van der Waals surface area contributed by atoms with Crippen molar-refractivity contribution in [1.29, 1.82) is 0 Å². The summed E-state index contributed by atoms with van der Waals surface area (Å²) in [5.41, 5.74) is 2.09. The van der Waals surface area contributed by atoms with Gasteiger partial charge in [-0.3, -0.25) is 19.3 Å². The maximum absolute atomic E-state index is 12.7. The number of benzene rings is 2. The molecule has 1 aliphatic heterocycles. The monoisotopic (exact) mass is 460 g/mol. The zero-order chi connectivity index (χ0) is 24.5. The maximum Gasteiger partial charge on any atom is 0.338 e. The molecule has 0 bridgehead atoms. The summed E-state index contributed by atoms with van der Waals surface area (Å²) in [6.45, 7) is 5.79. The number of carbonyl (C=O) groups is 4. The normalized spacial score (nSPS) is 13.1. The molecule has 0 atom stereocenters. The molecule has 174 valence electrons. The molecule has 0 fully saturated rings. The standard InChI is InChI=1S/C26H24N2O6/c1-26(2,3)17-7-9-18(10-8-17)27-22(29)15-34-25(32)16-6-11-20-21(13-16)24(31)28(23(20)30)14-19-5-4-12-33-19/h4-13H,14-15H2,1-3H3,(H,27,29). The number of hydrogen-bond donors (Lipinski definition) is 1. The lowest BCUT2D eigenvalue weighted by Gasteiger charge is -2.19. The molecular formula is C26H24N2O6. The fraction of sp³-hybridized carbons (Fsp3) is 0.231. The second-order valence-electron chi connectivity index (χ2n) is 8.99. The number of fused-ring (bicyclic) bond motifs is 1. The van der Waals surface area contributed by atoms with Gasteiger partial charge in [-0.2, -0.15) is 0 Å². The number of nitrogens with one attached hydrogen (secondary N) is 1. The number of anilines is 1. The molecule has 0 radical (unpaired) electrons. The molecule has 0 unspecified atom stereocenters. The van der Waals surface area contributed by atoms with Crippen molar-refractivity contribution in [2.75, 3.05) is 11.9 Å². The minimum atomic E-state index is -0.772. The first-order chi connectivity index (χ1) is 16.1. The molecule has 0 saturated carbocycles. The average Bonchev–Trinajstić information content (AvgIpc) is 3.40. The van der Waals surface area contributed by atoms with Gasteiger partial charge in [0.1, 0.15) is 5.76 Å². The van der Waals surface area contributed by atoms with Gasteiger partial charge in [0.15, 0.2) is 6.61 Å². The Morgan fingerprint density at radius 3 is 2.32 bits per heavy atom. The number of hydrogen-bond acceptors (Lipinski definition) is 6. The summed E-state index contributed by atoms with van der Waals surface area (Å²) in [5, 5.41) is 2.68. The number of nitrogens with zero attached hydrogens (tertiary/aromatic N) is 1. The summed E-state index contributed by atoms with van der Waals surface area (Å²) in [4.78, 5) is 51.0. The third-order valence-corrected chi connectivity index (χ3v) is 5.47. The van der Waals surface area contributed by atoms with E-state index in [-0.39, 0.29) is 28.7 Å². The van der Waals surface area contributed by atoms with Gasteiger partial charge < -0.3 is 14.5 Å². The summed E-state index contributed by atoms with van der Waals surface area (Å²) >= 11 is 0.